The second-order valence-corrected chi connectivity index (χ2v) is 8.77. The number of benzene rings is 2. The fourth-order valence-electron chi connectivity index (χ4n) is 4.02. The minimum atomic E-state index is -0.746. The van der Waals surface area contributed by atoms with E-state index < -0.39 is 17.7 Å². The lowest BCUT2D eigenvalue weighted by Gasteiger charge is -2.28. The highest BCUT2D eigenvalue weighted by Crippen LogP contribution is 2.42. The summed E-state index contributed by atoms with van der Waals surface area (Å²) >= 11 is 7.32. The number of aliphatic hydroxyl groups excluding tert-OH is 1. The monoisotopic (exact) mass is 466 g/mol. The zero-order valence-electron chi connectivity index (χ0n) is 17.8. The molecular formula is C25H23ClN2O3S. The molecule has 1 unspecified atom stereocenters. The maximum Gasteiger partial charge on any atom is 0.294 e. The molecule has 1 amide bonds. The summed E-state index contributed by atoms with van der Waals surface area (Å²) in [6.07, 6.45) is 0. The number of carbonyl (C=O) groups excluding carboxylic acids is 2. The van der Waals surface area contributed by atoms with Crippen molar-refractivity contribution >= 4 is 46.0 Å². The molecule has 0 aliphatic carbocycles. The van der Waals surface area contributed by atoms with Crippen molar-refractivity contribution in [3.05, 3.63) is 92.8 Å². The number of amides is 1. The molecule has 2 heterocycles. The molecule has 4 rings (SSSR count). The van der Waals surface area contributed by atoms with E-state index in [0.29, 0.717) is 15.6 Å². The number of anilines is 2. The maximum atomic E-state index is 13.3. The lowest BCUT2D eigenvalue weighted by molar-refractivity contribution is -0.117. The molecule has 1 aliphatic rings. The Morgan fingerprint density at radius 1 is 1.06 bits per heavy atom. The standard InChI is InChI=1S/C25H23ClN2O3S/c1-3-27(4-2)18-11-7-16(8-12-18)22-21(23(29)20-6-5-15-32-20)24(30)25(31)28(22)19-13-9-17(26)10-14-19/h5-15,22,30H,3-4H2,1-2H3. The van der Waals surface area contributed by atoms with Gasteiger partial charge in [-0.3, -0.25) is 14.5 Å². The van der Waals surface area contributed by atoms with Gasteiger partial charge in [0.15, 0.2) is 5.76 Å². The van der Waals surface area contributed by atoms with Gasteiger partial charge in [-0.15, -0.1) is 11.3 Å². The molecule has 0 saturated heterocycles. The average molecular weight is 467 g/mol. The van der Waals surface area contributed by atoms with Crippen molar-refractivity contribution in [1.82, 2.24) is 0 Å². The highest BCUT2D eigenvalue weighted by atomic mass is 35.5. The fraction of sp³-hybridized carbons (Fsp3) is 0.200. The van der Waals surface area contributed by atoms with Crippen molar-refractivity contribution < 1.29 is 14.7 Å². The van der Waals surface area contributed by atoms with Crippen LogP contribution in [0.4, 0.5) is 11.4 Å². The third-order valence-electron chi connectivity index (χ3n) is 5.64. The highest BCUT2D eigenvalue weighted by molar-refractivity contribution is 7.12. The molecule has 5 nitrogen and oxygen atoms in total. The van der Waals surface area contributed by atoms with Crippen LogP contribution in [0.1, 0.15) is 35.1 Å². The summed E-state index contributed by atoms with van der Waals surface area (Å²) in [6, 6.07) is 17.3. The van der Waals surface area contributed by atoms with Gasteiger partial charge in [-0.05, 0) is 67.3 Å². The Kier molecular flexibility index (Phi) is 6.35. The van der Waals surface area contributed by atoms with Crippen LogP contribution in [0.25, 0.3) is 0 Å². The number of halogens is 1. The quantitative estimate of drug-likeness (QED) is 0.432. The average Bonchev–Trinajstić information content (AvgIpc) is 3.43. The van der Waals surface area contributed by atoms with Crippen LogP contribution in [0.3, 0.4) is 0 Å². The van der Waals surface area contributed by atoms with Crippen LogP contribution in [-0.4, -0.2) is 29.9 Å². The van der Waals surface area contributed by atoms with Crippen LogP contribution in [-0.2, 0) is 4.79 Å². The van der Waals surface area contributed by atoms with Crippen molar-refractivity contribution in [2.75, 3.05) is 22.9 Å². The summed E-state index contributed by atoms with van der Waals surface area (Å²) in [7, 11) is 0. The molecule has 0 saturated carbocycles. The SMILES string of the molecule is CCN(CC)c1ccc(C2C(C(=O)c3cccs3)=C(O)C(=O)N2c2ccc(Cl)cc2)cc1. The van der Waals surface area contributed by atoms with E-state index in [0.717, 1.165) is 24.3 Å². The number of thiophene rings is 1. The third kappa shape index (κ3) is 3.92. The number of carbonyl (C=O) groups is 2. The summed E-state index contributed by atoms with van der Waals surface area (Å²) in [5, 5.41) is 13.1. The Balaban J connectivity index is 1.82. The first-order chi connectivity index (χ1) is 15.5. The minimum absolute atomic E-state index is 0.0861. The van der Waals surface area contributed by atoms with Gasteiger partial charge in [0.2, 0.25) is 5.78 Å². The highest BCUT2D eigenvalue weighted by Gasteiger charge is 2.44. The third-order valence-corrected chi connectivity index (χ3v) is 6.76. The zero-order valence-corrected chi connectivity index (χ0v) is 19.4. The van der Waals surface area contributed by atoms with Crippen LogP contribution in [0.2, 0.25) is 5.02 Å². The number of aliphatic hydroxyl groups is 1. The zero-order chi connectivity index (χ0) is 22.8. The van der Waals surface area contributed by atoms with E-state index in [2.05, 4.69) is 18.7 Å². The van der Waals surface area contributed by atoms with Crippen molar-refractivity contribution in [1.29, 1.82) is 0 Å². The molecule has 164 valence electrons. The Hall–Kier alpha value is -3.09. The summed E-state index contributed by atoms with van der Waals surface area (Å²) in [5.74, 6) is -1.47. The largest absolute Gasteiger partial charge is 0.503 e. The lowest BCUT2D eigenvalue weighted by atomic mass is 9.95. The van der Waals surface area contributed by atoms with Crippen LogP contribution in [0, 0.1) is 0 Å². The van der Waals surface area contributed by atoms with Gasteiger partial charge in [-0.25, -0.2) is 0 Å². The first-order valence-corrected chi connectivity index (χ1v) is 11.7. The van der Waals surface area contributed by atoms with Gasteiger partial charge in [0, 0.05) is 29.5 Å². The predicted molar refractivity (Wildman–Crippen MR) is 130 cm³/mol. The summed E-state index contributed by atoms with van der Waals surface area (Å²) in [6.45, 7) is 5.93. The second-order valence-electron chi connectivity index (χ2n) is 7.39. The normalized spacial score (nSPS) is 16.0. The Labute approximate surface area is 196 Å². The van der Waals surface area contributed by atoms with E-state index in [1.807, 2.05) is 24.3 Å². The number of hydrogen-bond donors (Lipinski definition) is 1. The first-order valence-electron chi connectivity index (χ1n) is 10.4. The van der Waals surface area contributed by atoms with Gasteiger partial charge in [0.25, 0.3) is 5.91 Å². The van der Waals surface area contributed by atoms with Crippen molar-refractivity contribution in [3.8, 4) is 0 Å². The Bertz CT molecular complexity index is 1150. The van der Waals surface area contributed by atoms with Crippen LogP contribution in [0.5, 0.6) is 0 Å². The molecule has 1 N–H and O–H groups in total. The number of hydrogen-bond acceptors (Lipinski definition) is 5. The lowest BCUT2D eigenvalue weighted by Crippen LogP contribution is -2.31. The fourth-order valence-corrected chi connectivity index (χ4v) is 4.82. The van der Waals surface area contributed by atoms with E-state index in [4.69, 9.17) is 11.6 Å². The Morgan fingerprint density at radius 2 is 1.72 bits per heavy atom. The van der Waals surface area contributed by atoms with E-state index in [1.165, 1.54) is 16.2 Å². The van der Waals surface area contributed by atoms with Crippen molar-refractivity contribution in [2.45, 2.75) is 19.9 Å². The molecule has 1 atom stereocenters. The van der Waals surface area contributed by atoms with E-state index in [9.17, 15) is 14.7 Å². The molecule has 2 aromatic carbocycles. The molecule has 1 aliphatic heterocycles. The Morgan fingerprint density at radius 3 is 2.28 bits per heavy atom. The summed E-state index contributed by atoms with van der Waals surface area (Å²) in [5.41, 5.74) is 2.44. The van der Waals surface area contributed by atoms with Gasteiger partial charge in [0.1, 0.15) is 0 Å². The maximum absolute atomic E-state index is 13.3. The predicted octanol–water partition coefficient (Wildman–Crippen LogP) is 6.03. The number of ketones is 1. The molecule has 0 bridgehead atoms. The molecule has 3 aromatic rings. The molecule has 1 aromatic heterocycles. The van der Waals surface area contributed by atoms with Gasteiger partial charge in [0.05, 0.1) is 16.5 Å². The minimum Gasteiger partial charge on any atom is -0.503 e. The van der Waals surface area contributed by atoms with Crippen LogP contribution >= 0.6 is 22.9 Å². The molecule has 32 heavy (non-hydrogen) atoms. The number of rotatable bonds is 7. The molecule has 0 fully saturated rings. The molecule has 7 heteroatoms. The summed E-state index contributed by atoms with van der Waals surface area (Å²) in [4.78, 5) is 30.6. The van der Waals surface area contributed by atoms with Crippen LogP contribution in [0.15, 0.2) is 77.4 Å². The smallest absolute Gasteiger partial charge is 0.294 e. The van der Waals surface area contributed by atoms with Gasteiger partial charge >= 0.3 is 0 Å². The molecule has 0 radical (unpaired) electrons. The molecular weight excluding hydrogens is 444 g/mol. The first kappa shape index (κ1) is 22.1. The van der Waals surface area contributed by atoms with Crippen LogP contribution < -0.4 is 9.80 Å². The van der Waals surface area contributed by atoms with Gasteiger partial charge < -0.3 is 10.0 Å². The van der Waals surface area contributed by atoms with E-state index in [1.54, 1.807) is 41.8 Å². The van der Waals surface area contributed by atoms with Gasteiger partial charge in [-0.1, -0.05) is 29.8 Å². The van der Waals surface area contributed by atoms with E-state index >= 15 is 0 Å². The van der Waals surface area contributed by atoms with E-state index in [-0.39, 0.29) is 11.4 Å². The van der Waals surface area contributed by atoms with Crippen molar-refractivity contribution in [3.63, 3.8) is 0 Å². The molecule has 0 spiro atoms. The van der Waals surface area contributed by atoms with Crippen molar-refractivity contribution in [2.24, 2.45) is 0 Å². The summed E-state index contributed by atoms with van der Waals surface area (Å²) < 4.78 is 0. The number of Topliss-reactive ketones (excluding diaryl/α,β-unsaturated/α-hetero) is 1. The topological polar surface area (TPSA) is 60.9 Å². The van der Waals surface area contributed by atoms with Gasteiger partial charge in [-0.2, -0.15) is 0 Å². The second kappa shape index (κ2) is 9.18. The number of nitrogens with zero attached hydrogens (tertiary/aromatic N) is 2.